The summed E-state index contributed by atoms with van der Waals surface area (Å²) in [6, 6.07) is 53.3. The highest BCUT2D eigenvalue weighted by atomic mass is 32.1. The maximum absolute atomic E-state index is 8.13. The summed E-state index contributed by atoms with van der Waals surface area (Å²) in [4.78, 5) is 0. The molecule has 0 radical (unpaired) electrons. The number of hydrogen-bond donors (Lipinski definition) is 2. The van der Waals surface area contributed by atoms with Gasteiger partial charge in [0.15, 0.2) is 0 Å². The Morgan fingerprint density at radius 1 is 0.529 bits per heavy atom. The van der Waals surface area contributed by atoms with Gasteiger partial charge in [-0.15, -0.1) is 11.3 Å². The monoisotopic (exact) mass is 673 g/mol. The molecule has 11 aromatic rings. The van der Waals surface area contributed by atoms with E-state index in [2.05, 4.69) is 121 Å². The summed E-state index contributed by atoms with van der Waals surface area (Å²) in [5.74, 6) is 0. The van der Waals surface area contributed by atoms with Crippen molar-refractivity contribution in [2.24, 2.45) is 0 Å². The smallest absolute Gasteiger partial charge is 0.138 e. The molecule has 0 saturated carbocycles. The number of aryl methyl sites for hydroxylation is 1. The van der Waals surface area contributed by atoms with Gasteiger partial charge in [-0.25, -0.2) is 0 Å². The zero-order valence-corrected chi connectivity index (χ0v) is 28.6. The average Bonchev–Trinajstić information content (AvgIpc) is 3.72. The molecule has 0 amide bonds. The van der Waals surface area contributed by atoms with Crippen LogP contribution in [0.1, 0.15) is 5.56 Å². The van der Waals surface area contributed by atoms with Gasteiger partial charge in [0, 0.05) is 53.1 Å². The third-order valence-corrected chi connectivity index (χ3v) is 11.3. The normalized spacial score (nSPS) is 11.8. The number of hydrogen-bond acceptors (Lipinski definition) is 4. The minimum absolute atomic E-state index is 0.426. The van der Waals surface area contributed by atoms with Gasteiger partial charge in [0.2, 0.25) is 0 Å². The molecule has 0 saturated heterocycles. The van der Waals surface area contributed by atoms with Crippen molar-refractivity contribution in [1.29, 1.82) is 5.41 Å². The molecular formula is C46H31N3OS. The van der Waals surface area contributed by atoms with Crippen molar-refractivity contribution in [2.75, 3.05) is 5.73 Å². The van der Waals surface area contributed by atoms with E-state index in [1.165, 1.54) is 74.8 Å². The maximum atomic E-state index is 8.13. The number of fused-ring (bicyclic) bond motifs is 13. The number of nitrogen functional groups attached to an aromatic ring is 1. The zero-order chi connectivity index (χ0) is 34.2. The number of para-hydroxylation sites is 2. The molecule has 3 aromatic heterocycles. The highest BCUT2D eigenvalue weighted by Gasteiger charge is 2.18. The number of aromatic nitrogens is 1. The summed E-state index contributed by atoms with van der Waals surface area (Å²) >= 11 is 1.89. The number of nitrogens with zero attached hydrogens (tertiary/aromatic N) is 1. The fourth-order valence-corrected chi connectivity index (χ4v) is 8.90. The predicted molar refractivity (Wildman–Crippen MR) is 217 cm³/mol. The second kappa shape index (κ2) is 11.3. The van der Waals surface area contributed by atoms with Gasteiger partial charge in [-0.05, 0) is 77.7 Å². The molecule has 4 nitrogen and oxygen atoms in total. The van der Waals surface area contributed by atoms with E-state index < -0.39 is 0 Å². The molecule has 0 aliphatic rings. The topological polar surface area (TPSA) is 67.9 Å². The number of anilines is 1. The van der Waals surface area contributed by atoms with Crippen molar-refractivity contribution in [3.05, 3.63) is 163 Å². The first-order valence-electron chi connectivity index (χ1n) is 17.1. The van der Waals surface area contributed by atoms with E-state index in [4.69, 9.17) is 15.6 Å². The molecule has 5 heteroatoms. The Hall–Kier alpha value is -6.43. The highest BCUT2D eigenvalue weighted by Crippen LogP contribution is 2.44. The standard InChI is InChI=1S/C33H21NS.C13H10N2O/c1-20-10-14-22(15-11-20)34-28-8-4-2-6-23(28)25-18-17-24-26(33(25)34)16-12-21-13-19-30-32(31(21)24)27-7-3-5-9-29(27)35-30;14-9-5-3-7-11-12(9)13(15)8-4-1-2-6-10(8)16-11/h2-19H,1H3;1-7,15H,14H2. The summed E-state index contributed by atoms with van der Waals surface area (Å²) in [7, 11) is 0. The Labute approximate surface area is 296 Å². The lowest BCUT2D eigenvalue weighted by atomic mass is 9.96. The van der Waals surface area contributed by atoms with Crippen LogP contribution < -0.4 is 11.1 Å². The molecule has 3 heterocycles. The van der Waals surface area contributed by atoms with Crippen molar-refractivity contribution in [3.63, 3.8) is 0 Å². The molecule has 0 aliphatic carbocycles. The Morgan fingerprint density at radius 3 is 2.06 bits per heavy atom. The molecule has 0 unspecified atom stereocenters. The lowest BCUT2D eigenvalue weighted by Gasteiger charge is -2.12. The van der Waals surface area contributed by atoms with Gasteiger partial charge in [-0.2, -0.15) is 0 Å². The first kappa shape index (κ1) is 29.5. The van der Waals surface area contributed by atoms with Crippen molar-refractivity contribution >= 4 is 102 Å². The summed E-state index contributed by atoms with van der Waals surface area (Å²) in [5, 5.41) is 20.6. The molecule has 0 bridgehead atoms. The minimum Gasteiger partial charge on any atom is -0.456 e. The Balaban J connectivity index is 0.000000171. The Kier molecular flexibility index (Phi) is 6.54. The van der Waals surface area contributed by atoms with Crippen LogP contribution in [0.2, 0.25) is 0 Å². The summed E-state index contributed by atoms with van der Waals surface area (Å²) in [5.41, 5.74) is 12.8. The molecule has 3 N–H and O–H groups in total. The van der Waals surface area contributed by atoms with Crippen LogP contribution in [0.3, 0.4) is 0 Å². The average molecular weight is 674 g/mol. The number of rotatable bonds is 1. The minimum atomic E-state index is 0.426. The number of nitrogens with two attached hydrogens (primary N) is 1. The van der Waals surface area contributed by atoms with Gasteiger partial charge in [0.25, 0.3) is 0 Å². The largest absolute Gasteiger partial charge is 0.456 e. The SMILES string of the molecule is Cc1ccc(-n2c3ccccc3c3ccc4c(ccc5ccc6sc7ccccc7c6c54)c32)cc1.N=c1c2ccccc2oc2cccc(N)c12. The van der Waals surface area contributed by atoms with Gasteiger partial charge in [-0.1, -0.05) is 103 Å². The van der Waals surface area contributed by atoms with Crippen LogP contribution in [-0.4, -0.2) is 4.57 Å². The van der Waals surface area contributed by atoms with Crippen molar-refractivity contribution in [3.8, 4) is 5.69 Å². The summed E-state index contributed by atoms with van der Waals surface area (Å²) in [6.45, 7) is 2.15. The molecule has 242 valence electrons. The van der Waals surface area contributed by atoms with Crippen molar-refractivity contribution < 1.29 is 4.42 Å². The molecular weight excluding hydrogens is 643 g/mol. The van der Waals surface area contributed by atoms with Gasteiger partial charge < -0.3 is 14.7 Å². The van der Waals surface area contributed by atoms with E-state index in [0.29, 0.717) is 27.6 Å². The van der Waals surface area contributed by atoms with Crippen LogP contribution in [0.15, 0.2) is 156 Å². The lowest BCUT2D eigenvalue weighted by molar-refractivity contribution is 0.659. The quantitative estimate of drug-likeness (QED) is 0.103. The van der Waals surface area contributed by atoms with Crippen LogP contribution in [0.4, 0.5) is 5.69 Å². The van der Waals surface area contributed by atoms with Crippen molar-refractivity contribution in [1.82, 2.24) is 4.57 Å². The number of benzene rings is 8. The first-order chi connectivity index (χ1) is 25.0. The van der Waals surface area contributed by atoms with Crippen molar-refractivity contribution in [2.45, 2.75) is 6.92 Å². The van der Waals surface area contributed by atoms with Gasteiger partial charge in [0.05, 0.1) is 21.8 Å². The highest BCUT2D eigenvalue weighted by molar-refractivity contribution is 7.26. The fourth-order valence-electron chi connectivity index (χ4n) is 7.78. The molecule has 0 atom stereocenters. The molecule has 0 fully saturated rings. The van der Waals surface area contributed by atoms with E-state index in [-0.39, 0.29) is 0 Å². The molecule has 51 heavy (non-hydrogen) atoms. The summed E-state index contributed by atoms with van der Waals surface area (Å²) in [6.07, 6.45) is 0. The van der Waals surface area contributed by atoms with Gasteiger partial charge in [0.1, 0.15) is 11.2 Å². The van der Waals surface area contributed by atoms with Gasteiger partial charge >= 0.3 is 0 Å². The fraction of sp³-hybridized carbons (Fsp3) is 0.0217. The van der Waals surface area contributed by atoms with Crippen LogP contribution in [0, 0.1) is 12.3 Å². The van der Waals surface area contributed by atoms with Crippen LogP contribution in [-0.2, 0) is 0 Å². The van der Waals surface area contributed by atoms with E-state index in [1.54, 1.807) is 6.07 Å². The Morgan fingerprint density at radius 2 is 1.20 bits per heavy atom. The summed E-state index contributed by atoms with van der Waals surface area (Å²) < 4.78 is 10.9. The van der Waals surface area contributed by atoms with Crippen LogP contribution in [0.5, 0.6) is 0 Å². The Bertz CT molecular complexity index is 3240. The first-order valence-corrected chi connectivity index (χ1v) is 17.9. The number of thiophene rings is 1. The molecule has 11 rings (SSSR count). The van der Waals surface area contributed by atoms with E-state index in [1.807, 2.05) is 47.7 Å². The molecule has 0 aliphatic heterocycles. The van der Waals surface area contributed by atoms with Crippen LogP contribution in [0.25, 0.3) is 91.1 Å². The van der Waals surface area contributed by atoms with E-state index in [9.17, 15) is 0 Å². The van der Waals surface area contributed by atoms with Crippen LogP contribution >= 0.6 is 11.3 Å². The zero-order valence-electron chi connectivity index (χ0n) is 27.8. The molecule has 0 spiro atoms. The molecule has 8 aromatic carbocycles. The predicted octanol–water partition coefficient (Wildman–Crippen LogP) is 12.4. The van der Waals surface area contributed by atoms with E-state index >= 15 is 0 Å². The number of nitrogens with one attached hydrogen (secondary N) is 1. The third kappa shape index (κ3) is 4.48. The maximum Gasteiger partial charge on any atom is 0.138 e. The second-order valence-electron chi connectivity index (χ2n) is 13.1. The third-order valence-electron chi connectivity index (χ3n) is 10.1. The second-order valence-corrected chi connectivity index (χ2v) is 14.2. The van der Waals surface area contributed by atoms with E-state index in [0.717, 1.165) is 5.39 Å². The van der Waals surface area contributed by atoms with Gasteiger partial charge in [-0.3, -0.25) is 5.41 Å². The lowest BCUT2D eigenvalue weighted by Crippen LogP contribution is -2.05.